The third kappa shape index (κ3) is 9.60. The molecule has 33 heavy (non-hydrogen) atoms. The van der Waals surface area contributed by atoms with E-state index in [9.17, 15) is 9.59 Å². The number of unbranched alkanes of at least 4 members (excludes halogenated alkanes) is 2. The molecule has 0 unspecified atom stereocenters. The number of para-hydroxylation sites is 2. The Morgan fingerprint density at radius 2 is 0.939 bits per heavy atom. The first-order chi connectivity index (χ1) is 16.2. The number of hydrogen-bond donors (Lipinski definition) is 0. The van der Waals surface area contributed by atoms with E-state index in [0.717, 1.165) is 37.2 Å². The van der Waals surface area contributed by atoms with Crippen molar-refractivity contribution in [1.29, 1.82) is 0 Å². The molecule has 0 spiro atoms. The summed E-state index contributed by atoms with van der Waals surface area (Å²) in [7, 11) is 0. The molecule has 0 radical (unpaired) electrons. The lowest BCUT2D eigenvalue weighted by molar-refractivity contribution is 0.0452. The highest BCUT2D eigenvalue weighted by atomic mass is 16.5. The van der Waals surface area contributed by atoms with Gasteiger partial charge < -0.3 is 14.2 Å². The third-order valence-electron chi connectivity index (χ3n) is 4.55. The van der Waals surface area contributed by atoms with Gasteiger partial charge in [-0.05, 0) is 49.2 Å². The number of rotatable bonds is 10. The van der Waals surface area contributed by atoms with E-state index in [-0.39, 0.29) is 11.1 Å². The van der Waals surface area contributed by atoms with Crippen molar-refractivity contribution in [3.63, 3.8) is 0 Å². The molecule has 0 atom stereocenters. The van der Waals surface area contributed by atoms with Crippen molar-refractivity contribution in [3.05, 3.63) is 96.1 Å². The maximum Gasteiger partial charge on any atom is 0.339 e. The van der Waals surface area contributed by atoms with Crippen molar-refractivity contribution in [2.24, 2.45) is 0 Å². The summed E-state index contributed by atoms with van der Waals surface area (Å²) in [5.41, 5.74) is 0.537. The fourth-order valence-corrected chi connectivity index (χ4v) is 2.73. The van der Waals surface area contributed by atoms with Crippen LogP contribution in [0.5, 0.6) is 11.5 Å². The molecule has 0 N–H and O–H groups in total. The molecule has 0 saturated carbocycles. The first-order valence-electron chi connectivity index (χ1n) is 11.4. The topological polar surface area (TPSA) is 61.8 Å². The lowest BCUT2D eigenvalue weighted by Gasteiger charge is -2.09. The molecule has 0 bridgehead atoms. The van der Waals surface area contributed by atoms with Gasteiger partial charge in [-0.25, -0.2) is 9.59 Å². The van der Waals surface area contributed by atoms with Crippen LogP contribution in [0, 0.1) is 0 Å². The van der Waals surface area contributed by atoms with Crippen LogP contribution < -0.4 is 4.74 Å². The van der Waals surface area contributed by atoms with E-state index >= 15 is 0 Å². The molecular weight excluding hydrogens is 416 g/mol. The first-order valence-corrected chi connectivity index (χ1v) is 11.4. The molecule has 0 fully saturated rings. The van der Waals surface area contributed by atoms with Crippen LogP contribution >= 0.6 is 0 Å². The van der Waals surface area contributed by atoms with Crippen molar-refractivity contribution in [3.8, 4) is 11.5 Å². The van der Waals surface area contributed by atoms with Gasteiger partial charge in [-0.15, -0.1) is 0 Å². The van der Waals surface area contributed by atoms with Gasteiger partial charge in [0.2, 0.25) is 0 Å². The average Bonchev–Trinajstić information content (AvgIpc) is 2.86. The summed E-state index contributed by atoms with van der Waals surface area (Å²) in [5, 5.41) is 0. The van der Waals surface area contributed by atoms with E-state index in [4.69, 9.17) is 14.2 Å². The predicted octanol–water partition coefficient (Wildman–Crippen LogP) is 7.08. The molecule has 0 aliphatic rings. The van der Waals surface area contributed by atoms with Gasteiger partial charge in [0.05, 0.1) is 24.3 Å². The van der Waals surface area contributed by atoms with E-state index < -0.39 is 11.9 Å². The van der Waals surface area contributed by atoms with Gasteiger partial charge in [0, 0.05) is 0 Å². The molecule has 3 aromatic rings. The smallest absolute Gasteiger partial charge is 0.339 e. The Balaban J connectivity index is 0.000000254. The summed E-state index contributed by atoms with van der Waals surface area (Å²) in [6.07, 6.45) is 3.53. The molecule has 3 aromatic carbocycles. The zero-order valence-electron chi connectivity index (χ0n) is 19.4. The number of carbonyl (C=O) groups is 2. The van der Waals surface area contributed by atoms with Crippen LogP contribution in [0.25, 0.3) is 0 Å². The van der Waals surface area contributed by atoms with Gasteiger partial charge in [0.1, 0.15) is 11.5 Å². The van der Waals surface area contributed by atoms with Crippen LogP contribution in [0.1, 0.15) is 60.2 Å². The summed E-state index contributed by atoms with van der Waals surface area (Å²) >= 11 is 0. The zero-order chi connectivity index (χ0) is 23.7. The Hall–Kier alpha value is -3.60. The minimum Gasteiger partial charge on any atom is -0.462 e. The molecule has 174 valence electrons. The molecule has 5 heteroatoms. The van der Waals surface area contributed by atoms with Gasteiger partial charge in [0.15, 0.2) is 0 Å². The largest absolute Gasteiger partial charge is 0.462 e. The second kappa shape index (κ2) is 15.2. The van der Waals surface area contributed by atoms with Gasteiger partial charge in [-0.1, -0.05) is 75.2 Å². The summed E-state index contributed by atoms with van der Waals surface area (Å²) in [6.45, 7) is 4.78. The van der Waals surface area contributed by atoms with Gasteiger partial charge in [0.25, 0.3) is 0 Å². The average molecular weight is 449 g/mol. The molecule has 3 rings (SSSR count). The number of hydrogen-bond acceptors (Lipinski definition) is 5. The first kappa shape index (κ1) is 25.7. The predicted molar refractivity (Wildman–Crippen MR) is 130 cm³/mol. The van der Waals surface area contributed by atoms with E-state index in [2.05, 4.69) is 0 Å². The second-order valence-electron chi connectivity index (χ2n) is 7.25. The van der Waals surface area contributed by atoms with E-state index in [1.807, 2.05) is 74.5 Å². The molecule has 5 nitrogen and oxygen atoms in total. The molecule has 0 aliphatic heterocycles. The summed E-state index contributed by atoms with van der Waals surface area (Å²) in [5.74, 6) is 0.797. The highest BCUT2D eigenvalue weighted by Gasteiger charge is 2.18. The molecule has 0 aromatic heterocycles. The minimum absolute atomic E-state index is 0.269. The fraction of sp³-hybridized carbons (Fsp3) is 0.286. The highest BCUT2D eigenvalue weighted by Crippen LogP contribution is 2.19. The van der Waals surface area contributed by atoms with Crippen LogP contribution in [-0.2, 0) is 9.47 Å². The Bertz CT molecular complexity index is 876. The quantitative estimate of drug-likeness (QED) is 0.245. The Kier molecular flexibility index (Phi) is 11.9. The van der Waals surface area contributed by atoms with Gasteiger partial charge in [-0.3, -0.25) is 0 Å². The van der Waals surface area contributed by atoms with Crippen LogP contribution in [-0.4, -0.2) is 25.2 Å². The van der Waals surface area contributed by atoms with Crippen molar-refractivity contribution in [1.82, 2.24) is 0 Å². The van der Waals surface area contributed by atoms with Crippen molar-refractivity contribution < 1.29 is 23.8 Å². The van der Waals surface area contributed by atoms with Crippen molar-refractivity contribution in [2.75, 3.05) is 13.2 Å². The number of carbonyl (C=O) groups excluding carboxylic acids is 2. The Labute approximate surface area is 196 Å². The molecular formula is C28H32O5. The zero-order valence-corrected chi connectivity index (χ0v) is 19.4. The highest BCUT2D eigenvalue weighted by molar-refractivity contribution is 6.03. The minimum atomic E-state index is -0.471. The number of esters is 2. The molecule has 0 heterocycles. The van der Waals surface area contributed by atoms with Crippen molar-refractivity contribution >= 4 is 11.9 Å². The van der Waals surface area contributed by atoms with Crippen LogP contribution in [0.3, 0.4) is 0 Å². The summed E-state index contributed by atoms with van der Waals surface area (Å²) < 4.78 is 15.9. The maximum atomic E-state index is 11.9. The van der Waals surface area contributed by atoms with Crippen LogP contribution in [0.4, 0.5) is 0 Å². The van der Waals surface area contributed by atoms with Crippen molar-refractivity contribution in [2.45, 2.75) is 39.5 Å². The molecule has 0 amide bonds. The summed E-state index contributed by atoms with van der Waals surface area (Å²) in [4.78, 5) is 23.9. The third-order valence-corrected chi connectivity index (χ3v) is 4.55. The van der Waals surface area contributed by atoms with Crippen LogP contribution in [0.15, 0.2) is 84.9 Å². The monoisotopic (exact) mass is 448 g/mol. The maximum absolute atomic E-state index is 11.9. The lowest BCUT2D eigenvalue weighted by Crippen LogP contribution is -2.14. The normalized spacial score (nSPS) is 9.88. The SMILES string of the molecule is CCCCOC(=O)c1ccccc1C(=O)OCCCC.c1ccc(Oc2ccccc2)cc1. The van der Waals surface area contributed by atoms with Crippen LogP contribution in [0.2, 0.25) is 0 Å². The fourth-order valence-electron chi connectivity index (χ4n) is 2.73. The Morgan fingerprint density at radius 3 is 1.30 bits per heavy atom. The number of ether oxygens (including phenoxy) is 3. The van der Waals surface area contributed by atoms with E-state index in [1.54, 1.807) is 24.3 Å². The van der Waals surface area contributed by atoms with Gasteiger partial charge >= 0.3 is 11.9 Å². The number of benzene rings is 3. The molecule has 0 saturated heterocycles. The lowest BCUT2D eigenvalue weighted by atomic mass is 10.1. The Morgan fingerprint density at radius 1 is 0.576 bits per heavy atom. The summed E-state index contributed by atoms with van der Waals surface area (Å²) in [6, 6.07) is 26.1. The standard InChI is InChI=1S/C16H22O4.C12H10O/c1-3-5-11-19-15(17)13-9-7-8-10-14(13)16(18)20-12-6-4-2;1-3-7-11(8-4-1)13-12-9-5-2-6-10-12/h7-10H,3-6,11-12H2,1-2H3;1-10H. The van der Waals surface area contributed by atoms with Gasteiger partial charge in [-0.2, -0.15) is 0 Å². The second-order valence-corrected chi connectivity index (χ2v) is 7.25. The van der Waals surface area contributed by atoms with E-state index in [0.29, 0.717) is 13.2 Å². The molecule has 0 aliphatic carbocycles. The van der Waals surface area contributed by atoms with E-state index in [1.165, 1.54) is 0 Å².